The van der Waals surface area contributed by atoms with Crippen LogP contribution in [0.25, 0.3) is 0 Å². The van der Waals surface area contributed by atoms with E-state index < -0.39 is 6.04 Å². The highest BCUT2D eigenvalue weighted by Crippen LogP contribution is 2.19. The summed E-state index contributed by atoms with van der Waals surface area (Å²) < 4.78 is 10.4. The van der Waals surface area contributed by atoms with Crippen molar-refractivity contribution in [3.63, 3.8) is 0 Å². The van der Waals surface area contributed by atoms with Crippen LogP contribution in [0.2, 0.25) is 0 Å². The van der Waals surface area contributed by atoms with Crippen molar-refractivity contribution in [2.45, 2.75) is 32.2 Å². The van der Waals surface area contributed by atoms with E-state index in [1.54, 1.807) is 11.8 Å². The Morgan fingerprint density at radius 2 is 1.95 bits per heavy atom. The van der Waals surface area contributed by atoms with Crippen LogP contribution in [0.3, 0.4) is 0 Å². The predicted molar refractivity (Wildman–Crippen MR) is 73.2 cm³/mol. The average Bonchev–Trinajstić information content (AvgIpc) is 2.48. The molecule has 2 rings (SSSR count). The highest BCUT2D eigenvalue weighted by Gasteiger charge is 2.33. The molecule has 2 heterocycles. The van der Waals surface area contributed by atoms with Crippen LogP contribution in [0.4, 0.5) is 0 Å². The number of rotatable bonds is 4. The first-order valence-electron chi connectivity index (χ1n) is 7.48. The maximum atomic E-state index is 12.4. The van der Waals surface area contributed by atoms with E-state index in [0.29, 0.717) is 39.3 Å². The highest BCUT2D eigenvalue weighted by molar-refractivity contribution is 5.85. The second-order valence-corrected chi connectivity index (χ2v) is 5.24. The van der Waals surface area contributed by atoms with Gasteiger partial charge < -0.3 is 14.4 Å². The second kappa shape index (κ2) is 7.59. The standard InChI is InChI=1S/C14H24N2O4/c1-2-20-14(18)12-5-3-4-6-16(12)13(17)11-15-7-9-19-10-8-15/h12H,2-11H2,1H3. The van der Waals surface area contributed by atoms with Crippen molar-refractivity contribution in [1.29, 1.82) is 0 Å². The Labute approximate surface area is 120 Å². The fourth-order valence-electron chi connectivity index (χ4n) is 2.75. The molecule has 2 aliphatic heterocycles. The lowest BCUT2D eigenvalue weighted by molar-refractivity contribution is -0.157. The summed E-state index contributed by atoms with van der Waals surface area (Å²) in [6.07, 6.45) is 2.66. The first-order valence-corrected chi connectivity index (χ1v) is 7.48. The zero-order valence-electron chi connectivity index (χ0n) is 12.2. The zero-order valence-corrected chi connectivity index (χ0v) is 12.2. The molecular formula is C14H24N2O4. The lowest BCUT2D eigenvalue weighted by Gasteiger charge is -2.36. The number of amides is 1. The third-order valence-corrected chi connectivity index (χ3v) is 3.84. The van der Waals surface area contributed by atoms with Crippen LogP contribution in [-0.2, 0) is 19.1 Å². The van der Waals surface area contributed by atoms with Crippen LogP contribution in [0.5, 0.6) is 0 Å². The number of nitrogens with zero attached hydrogens (tertiary/aromatic N) is 2. The molecule has 2 saturated heterocycles. The van der Waals surface area contributed by atoms with Gasteiger partial charge in [-0.25, -0.2) is 4.79 Å². The molecular weight excluding hydrogens is 260 g/mol. The maximum absolute atomic E-state index is 12.4. The van der Waals surface area contributed by atoms with Crippen LogP contribution in [0, 0.1) is 0 Å². The molecule has 2 aliphatic rings. The Morgan fingerprint density at radius 1 is 1.20 bits per heavy atom. The number of morpholine rings is 1. The highest BCUT2D eigenvalue weighted by atomic mass is 16.5. The van der Waals surface area contributed by atoms with Gasteiger partial charge >= 0.3 is 5.97 Å². The van der Waals surface area contributed by atoms with Gasteiger partial charge in [0.1, 0.15) is 6.04 Å². The van der Waals surface area contributed by atoms with Gasteiger partial charge in [0.2, 0.25) is 5.91 Å². The molecule has 20 heavy (non-hydrogen) atoms. The summed E-state index contributed by atoms with van der Waals surface area (Å²) in [5, 5.41) is 0. The van der Waals surface area contributed by atoms with Crippen molar-refractivity contribution in [2.75, 3.05) is 46.0 Å². The Hall–Kier alpha value is -1.14. The van der Waals surface area contributed by atoms with Gasteiger partial charge in [-0.3, -0.25) is 9.69 Å². The molecule has 1 unspecified atom stereocenters. The number of ether oxygens (including phenoxy) is 2. The van der Waals surface area contributed by atoms with Crippen molar-refractivity contribution in [1.82, 2.24) is 9.80 Å². The molecule has 0 saturated carbocycles. The SMILES string of the molecule is CCOC(=O)C1CCCCN1C(=O)CN1CCOCC1. The molecule has 0 spiro atoms. The lowest BCUT2D eigenvalue weighted by Crippen LogP contribution is -2.52. The normalized spacial score (nSPS) is 24.4. The Balaban J connectivity index is 1.92. The van der Waals surface area contributed by atoms with E-state index in [4.69, 9.17) is 9.47 Å². The van der Waals surface area contributed by atoms with Crippen molar-refractivity contribution >= 4 is 11.9 Å². The average molecular weight is 284 g/mol. The Bertz CT molecular complexity index is 342. The van der Waals surface area contributed by atoms with Crippen LogP contribution < -0.4 is 0 Å². The predicted octanol–water partition coefficient (Wildman–Crippen LogP) is 0.263. The molecule has 0 radical (unpaired) electrons. The van der Waals surface area contributed by atoms with E-state index in [0.717, 1.165) is 25.9 Å². The monoisotopic (exact) mass is 284 g/mol. The largest absolute Gasteiger partial charge is 0.464 e. The third kappa shape index (κ3) is 3.93. The minimum absolute atomic E-state index is 0.0321. The summed E-state index contributed by atoms with van der Waals surface area (Å²) in [5.74, 6) is -0.229. The quantitative estimate of drug-likeness (QED) is 0.693. The van der Waals surface area contributed by atoms with Gasteiger partial charge in [0, 0.05) is 19.6 Å². The summed E-state index contributed by atoms with van der Waals surface area (Å²) in [5.41, 5.74) is 0. The number of esters is 1. The molecule has 1 atom stereocenters. The van der Waals surface area contributed by atoms with Gasteiger partial charge in [-0.1, -0.05) is 0 Å². The fraction of sp³-hybridized carbons (Fsp3) is 0.857. The molecule has 6 nitrogen and oxygen atoms in total. The van der Waals surface area contributed by atoms with Gasteiger partial charge in [0.25, 0.3) is 0 Å². The van der Waals surface area contributed by atoms with E-state index in [9.17, 15) is 9.59 Å². The van der Waals surface area contributed by atoms with Crippen LogP contribution in [-0.4, -0.2) is 73.7 Å². The summed E-state index contributed by atoms with van der Waals surface area (Å²) >= 11 is 0. The molecule has 6 heteroatoms. The Kier molecular flexibility index (Phi) is 5.79. The smallest absolute Gasteiger partial charge is 0.328 e. The van der Waals surface area contributed by atoms with E-state index >= 15 is 0 Å². The van der Waals surface area contributed by atoms with Crippen molar-refractivity contribution < 1.29 is 19.1 Å². The third-order valence-electron chi connectivity index (χ3n) is 3.84. The Morgan fingerprint density at radius 3 is 2.65 bits per heavy atom. The van der Waals surface area contributed by atoms with Crippen molar-refractivity contribution in [3.05, 3.63) is 0 Å². The van der Waals surface area contributed by atoms with Crippen molar-refractivity contribution in [3.8, 4) is 0 Å². The summed E-state index contributed by atoms with van der Waals surface area (Å²) in [6.45, 7) is 6.10. The van der Waals surface area contributed by atoms with Gasteiger partial charge in [0.05, 0.1) is 26.4 Å². The molecule has 0 aromatic heterocycles. The number of carbonyl (C=O) groups excluding carboxylic acids is 2. The first kappa shape index (κ1) is 15.3. The molecule has 114 valence electrons. The molecule has 2 fully saturated rings. The van der Waals surface area contributed by atoms with Gasteiger partial charge in [0.15, 0.2) is 0 Å². The maximum Gasteiger partial charge on any atom is 0.328 e. The fourth-order valence-corrected chi connectivity index (χ4v) is 2.75. The lowest BCUT2D eigenvalue weighted by atomic mass is 10.0. The summed E-state index contributed by atoms with van der Waals surface area (Å²) in [7, 11) is 0. The minimum atomic E-state index is -0.391. The van der Waals surface area contributed by atoms with Crippen LogP contribution >= 0.6 is 0 Å². The molecule has 1 amide bonds. The first-order chi connectivity index (χ1) is 9.72. The zero-order chi connectivity index (χ0) is 14.4. The molecule has 0 aromatic carbocycles. The number of piperidine rings is 1. The van der Waals surface area contributed by atoms with E-state index in [-0.39, 0.29) is 11.9 Å². The topological polar surface area (TPSA) is 59.1 Å². The van der Waals surface area contributed by atoms with Gasteiger partial charge in [-0.05, 0) is 26.2 Å². The molecule has 0 bridgehead atoms. The van der Waals surface area contributed by atoms with Gasteiger partial charge in [-0.2, -0.15) is 0 Å². The minimum Gasteiger partial charge on any atom is -0.464 e. The summed E-state index contributed by atoms with van der Waals surface area (Å²) in [6, 6.07) is -0.391. The van der Waals surface area contributed by atoms with Crippen LogP contribution in [0.1, 0.15) is 26.2 Å². The van der Waals surface area contributed by atoms with Crippen LogP contribution in [0.15, 0.2) is 0 Å². The molecule has 0 N–H and O–H groups in total. The van der Waals surface area contributed by atoms with Crippen molar-refractivity contribution in [2.24, 2.45) is 0 Å². The number of likely N-dealkylation sites (tertiary alicyclic amines) is 1. The number of hydrogen-bond donors (Lipinski definition) is 0. The van der Waals surface area contributed by atoms with Gasteiger partial charge in [-0.15, -0.1) is 0 Å². The number of hydrogen-bond acceptors (Lipinski definition) is 5. The number of carbonyl (C=O) groups is 2. The molecule has 0 aromatic rings. The van der Waals surface area contributed by atoms with E-state index in [1.165, 1.54) is 0 Å². The molecule has 0 aliphatic carbocycles. The summed E-state index contributed by atoms with van der Waals surface area (Å²) in [4.78, 5) is 28.2. The van der Waals surface area contributed by atoms with E-state index in [2.05, 4.69) is 4.90 Å². The van der Waals surface area contributed by atoms with E-state index in [1.807, 2.05) is 0 Å². The second-order valence-electron chi connectivity index (χ2n) is 5.24.